The predicted octanol–water partition coefficient (Wildman–Crippen LogP) is 4.02. The molecule has 11 heteroatoms. The van der Waals surface area contributed by atoms with Gasteiger partial charge >= 0.3 is 6.03 Å². The molecule has 2 atom stereocenters. The van der Waals surface area contributed by atoms with Gasteiger partial charge in [0.15, 0.2) is 5.75 Å². The summed E-state index contributed by atoms with van der Waals surface area (Å²) in [6, 6.07) is 12.0. The van der Waals surface area contributed by atoms with Gasteiger partial charge in [-0.2, -0.15) is 0 Å². The van der Waals surface area contributed by atoms with E-state index in [4.69, 9.17) is 4.74 Å². The highest BCUT2D eigenvalue weighted by Gasteiger charge is 2.33. The highest BCUT2D eigenvalue weighted by Crippen LogP contribution is 2.42. The summed E-state index contributed by atoms with van der Waals surface area (Å²) in [5, 5.41) is 17.7. The van der Waals surface area contributed by atoms with E-state index in [-0.39, 0.29) is 36.0 Å². The zero-order valence-corrected chi connectivity index (χ0v) is 27.0. The SMILES string of the molecule is CCN(C[C@H](O)[C@H](Cc1ccccc1)NC(=O)c1cc(N2CCCC2=O)c(OC)c(N2CCCC2=O)c1)C(=O)NC1CCCCC1. The van der Waals surface area contributed by atoms with E-state index >= 15 is 0 Å². The second-order valence-corrected chi connectivity index (χ2v) is 12.5. The number of carbonyl (C=O) groups excluding carboxylic acids is 4. The molecule has 5 amide bonds. The van der Waals surface area contributed by atoms with Crippen LogP contribution in [0.5, 0.6) is 5.75 Å². The molecule has 2 aromatic carbocycles. The smallest absolute Gasteiger partial charge is 0.317 e. The lowest BCUT2D eigenvalue weighted by atomic mass is 9.96. The van der Waals surface area contributed by atoms with E-state index in [0.717, 1.165) is 31.2 Å². The Morgan fingerprint density at radius 1 is 0.957 bits per heavy atom. The first-order valence-corrected chi connectivity index (χ1v) is 16.7. The van der Waals surface area contributed by atoms with Crippen LogP contribution in [-0.2, 0) is 16.0 Å². The summed E-state index contributed by atoms with van der Waals surface area (Å²) in [4.78, 5) is 57.7. The maximum Gasteiger partial charge on any atom is 0.317 e. The van der Waals surface area contributed by atoms with Crippen LogP contribution >= 0.6 is 0 Å². The van der Waals surface area contributed by atoms with Crippen LogP contribution in [0.15, 0.2) is 42.5 Å². The lowest BCUT2D eigenvalue weighted by molar-refractivity contribution is -0.117. The molecule has 1 aliphatic carbocycles. The monoisotopic (exact) mass is 633 g/mol. The highest BCUT2D eigenvalue weighted by molar-refractivity contribution is 6.05. The van der Waals surface area contributed by atoms with Crippen molar-refractivity contribution in [3.05, 3.63) is 53.6 Å². The molecule has 2 aliphatic heterocycles. The molecule has 46 heavy (non-hydrogen) atoms. The number of rotatable bonds is 12. The lowest BCUT2D eigenvalue weighted by Crippen LogP contribution is -2.53. The zero-order chi connectivity index (χ0) is 32.6. The van der Waals surface area contributed by atoms with Crippen LogP contribution < -0.4 is 25.2 Å². The number of urea groups is 1. The average Bonchev–Trinajstić information content (AvgIpc) is 3.70. The van der Waals surface area contributed by atoms with Gasteiger partial charge in [-0.05, 0) is 56.7 Å². The molecule has 2 heterocycles. The van der Waals surface area contributed by atoms with Crippen molar-refractivity contribution in [1.29, 1.82) is 0 Å². The minimum atomic E-state index is -1.07. The number of anilines is 2. The molecular formula is C35H47N5O6. The van der Waals surface area contributed by atoms with Crippen LogP contribution in [0.25, 0.3) is 0 Å². The third-order valence-corrected chi connectivity index (χ3v) is 9.33. The molecule has 11 nitrogen and oxygen atoms in total. The Morgan fingerprint density at radius 3 is 2.09 bits per heavy atom. The molecule has 3 fully saturated rings. The largest absolute Gasteiger partial charge is 0.492 e. The molecule has 0 bridgehead atoms. The number of amides is 5. The van der Waals surface area contributed by atoms with Gasteiger partial charge in [0.1, 0.15) is 0 Å². The van der Waals surface area contributed by atoms with E-state index in [1.807, 2.05) is 37.3 Å². The Bertz CT molecular complexity index is 1350. The Morgan fingerprint density at radius 2 is 1.57 bits per heavy atom. The van der Waals surface area contributed by atoms with Gasteiger partial charge in [0.2, 0.25) is 11.8 Å². The number of likely N-dealkylation sites (N-methyl/N-ethyl adjacent to an activating group) is 1. The van der Waals surface area contributed by atoms with Crippen LogP contribution in [0.2, 0.25) is 0 Å². The van der Waals surface area contributed by atoms with Crippen LogP contribution in [-0.4, -0.2) is 85.2 Å². The third kappa shape index (κ3) is 7.81. The number of aliphatic hydroxyl groups excluding tert-OH is 1. The summed E-state index contributed by atoms with van der Waals surface area (Å²) < 4.78 is 5.76. The van der Waals surface area contributed by atoms with Crippen molar-refractivity contribution >= 4 is 35.1 Å². The van der Waals surface area contributed by atoms with E-state index in [0.29, 0.717) is 68.9 Å². The summed E-state index contributed by atoms with van der Waals surface area (Å²) in [6.45, 7) is 3.28. The summed E-state index contributed by atoms with van der Waals surface area (Å²) in [6.07, 6.45) is 6.70. The normalized spacial score (nSPS) is 18.4. The van der Waals surface area contributed by atoms with E-state index in [2.05, 4.69) is 10.6 Å². The number of nitrogens with one attached hydrogen (secondary N) is 2. The molecule has 3 aliphatic rings. The third-order valence-electron chi connectivity index (χ3n) is 9.33. The summed E-state index contributed by atoms with van der Waals surface area (Å²) in [5.41, 5.74) is 2.06. The Hall–Kier alpha value is -4.12. The van der Waals surface area contributed by atoms with Crippen molar-refractivity contribution in [2.45, 2.75) is 89.3 Å². The fourth-order valence-corrected chi connectivity index (χ4v) is 6.77. The van der Waals surface area contributed by atoms with Gasteiger partial charge in [-0.3, -0.25) is 14.4 Å². The van der Waals surface area contributed by atoms with Crippen LogP contribution in [0.3, 0.4) is 0 Å². The van der Waals surface area contributed by atoms with Crippen molar-refractivity contribution < 1.29 is 29.0 Å². The number of carbonyl (C=O) groups is 4. The molecule has 0 aromatic heterocycles. The quantitative estimate of drug-likeness (QED) is 0.324. The van der Waals surface area contributed by atoms with Gasteiger partial charge in [-0.15, -0.1) is 0 Å². The van der Waals surface area contributed by atoms with E-state index in [1.165, 1.54) is 13.5 Å². The number of nitrogens with zero attached hydrogens (tertiary/aromatic N) is 3. The van der Waals surface area contributed by atoms with Gasteiger partial charge in [0.25, 0.3) is 5.91 Å². The lowest BCUT2D eigenvalue weighted by Gasteiger charge is -2.32. The maximum atomic E-state index is 14.0. The number of aliphatic hydroxyl groups is 1. The molecule has 1 saturated carbocycles. The van der Waals surface area contributed by atoms with E-state index in [1.54, 1.807) is 26.8 Å². The van der Waals surface area contributed by atoms with E-state index < -0.39 is 18.1 Å². The van der Waals surface area contributed by atoms with Crippen molar-refractivity contribution in [1.82, 2.24) is 15.5 Å². The van der Waals surface area contributed by atoms with Gasteiger partial charge in [-0.25, -0.2) is 4.79 Å². The summed E-state index contributed by atoms with van der Waals surface area (Å²) >= 11 is 0. The van der Waals surface area contributed by atoms with Crippen molar-refractivity contribution in [3.63, 3.8) is 0 Å². The van der Waals surface area contributed by atoms with Gasteiger partial charge < -0.3 is 35.2 Å². The van der Waals surface area contributed by atoms with Gasteiger partial charge in [0.05, 0.1) is 37.2 Å². The fraction of sp³-hybridized carbons (Fsp3) is 0.543. The number of methoxy groups -OCH3 is 1. The number of hydrogen-bond donors (Lipinski definition) is 3. The Kier molecular flexibility index (Phi) is 11.2. The minimum absolute atomic E-state index is 0.0382. The number of hydrogen-bond acceptors (Lipinski definition) is 6. The minimum Gasteiger partial charge on any atom is -0.492 e. The fourth-order valence-electron chi connectivity index (χ4n) is 6.77. The van der Waals surface area contributed by atoms with E-state index in [9.17, 15) is 24.3 Å². The predicted molar refractivity (Wildman–Crippen MR) is 176 cm³/mol. The molecule has 2 aromatic rings. The highest BCUT2D eigenvalue weighted by atomic mass is 16.5. The van der Waals surface area contributed by atoms with Crippen LogP contribution in [0.4, 0.5) is 16.2 Å². The van der Waals surface area contributed by atoms with Crippen LogP contribution in [0.1, 0.15) is 80.6 Å². The molecule has 3 N–H and O–H groups in total. The summed E-state index contributed by atoms with van der Waals surface area (Å²) in [7, 11) is 1.50. The van der Waals surface area contributed by atoms with Gasteiger partial charge in [-0.1, -0.05) is 49.6 Å². The molecule has 248 valence electrons. The first kappa shape index (κ1) is 33.2. The van der Waals surface area contributed by atoms with Crippen molar-refractivity contribution in [2.24, 2.45) is 0 Å². The molecule has 0 spiro atoms. The molecule has 0 unspecified atom stereocenters. The first-order chi connectivity index (χ1) is 22.3. The summed E-state index contributed by atoms with van der Waals surface area (Å²) in [5.74, 6) is -0.222. The molecular weight excluding hydrogens is 586 g/mol. The van der Waals surface area contributed by atoms with Crippen LogP contribution in [0, 0.1) is 0 Å². The molecule has 0 radical (unpaired) electrons. The Balaban J connectivity index is 1.41. The Labute approximate surface area is 271 Å². The topological polar surface area (TPSA) is 132 Å². The van der Waals surface area contributed by atoms with Crippen molar-refractivity contribution in [3.8, 4) is 5.75 Å². The number of ether oxygens (including phenoxy) is 1. The molecule has 5 rings (SSSR count). The molecule has 2 saturated heterocycles. The van der Waals surface area contributed by atoms with Gasteiger partial charge in [0, 0.05) is 44.1 Å². The number of benzene rings is 2. The van der Waals surface area contributed by atoms with Crippen molar-refractivity contribution in [2.75, 3.05) is 43.1 Å². The second kappa shape index (κ2) is 15.4. The standard InChI is InChI=1S/C35H47N5O6/c1-3-38(35(45)36-26-14-8-5-9-15-26)23-30(41)27(20-24-12-6-4-7-13-24)37-34(44)25-21-28(39-18-10-16-31(39)42)33(46-2)29(22-25)40-19-11-17-32(40)43/h4,6-7,12-13,21-22,26-27,30,41H,3,5,8-11,14-20,23H2,1-2H3,(H,36,45)(H,37,44)/t27-,30-/m0/s1. The zero-order valence-electron chi connectivity index (χ0n) is 27.0. The average molecular weight is 634 g/mol. The maximum absolute atomic E-state index is 14.0. The second-order valence-electron chi connectivity index (χ2n) is 12.5. The first-order valence-electron chi connectivity index (χ1n) is 16.7.